The van der Waals surface area contributed by atoms with Crippen LogP contribution in [0.5, 0.6) is 0 Å². The maximum absolute atomic E-state index is 11.7. The van der Waals surface area contributed by atoms with Crippen LogP contribution in [0, 0.1) is 0 Å². The van der Waals surface area contributed by atoms with Crippen molar-refractivity contribution in [3.05, 3.63) is 11.7 Å². The zero-order chi connectivity index (χ0) is 12.7. The Balaban J connectivity index is 2.53. The van der Waals surface area contributed by atoms with E-state index in [0.29, 0.717) is 12.2 Å². The number of hydrogen-bond acceptors (Lipinski definition) is 5. The van der Waals surface area contributed by atoms with Gasteiger partial charge in [-0.2, -0.15) is 4.98 Å². The molecule has 0 unspecified atom stereocenters. The number of rotatable bonds is 8. The lowest BCUT2D eigenvalue weighted by Gasteiger charge is -1.98. The Labute approximate surface area is 103 Å². The average Bonchev–Trinajstić information content (AvgIpc) is 2.70. The maximum Gasteiger partial charge on any atom is 0.241 e. The number of hydrogen-bond donors (Lipinski definition) is 0. The summed E-state index contributed by atoms with van der Waals surface area (Å²) >= 11 is 0. The van der Waals surface area contributed by atoms with Crippen molar-refractivity contribution in [1.82, 2.24) is 10.1 Å². The van der Waals surface area contributed by atoms with Gasteiger partial charge in [-0.1, -0.05) is 31.8 Å². The monoisotopic (exact) mass is 260 g/mol. The Kier molecular flexibility index (Phi) is 5.61. The van der Waals surface area contributed by atoms with Crippen LogP contribution in [0.15, 0.2) is 4.52 Å². The van der Waals surface area contributed by atoms with Crippen molar-refractivity contribution in [3.63, 3.8) is 0 Å². The van der Waals surface area contributed by atoms with E-state index in [1.807, 2.05) is 6.92 Å². The molecule has 17 heavy (non-hydrogen) atoms. The molecule has 0 aliphatic heterocycles. The smallest absolute Gasteiger partial charge is 0.241 e. The predicted molar refractivity (Wildman–Crippen MR) is 65.3 cm³/mol. The van der Waals surface area contributed by atoms with Crippen LogP contribution in [-0.4, -0.2) is 24.3 Å². The molecule has 0 aliphatic rings. The fourth-order valence-corrected chi connectivity index (χ4v) is 2.78. The second-order valence-corrected chi connectivity index (χ2v) is 6.34. The zero-order valence-electron chi connectivity index (χ0n) is 10.5. The van der Waals surface area contributed by atoms with Gasteiger partial charge in [-0.05, 0) is 12.8 Å². The Bertz CT molecular complexity index is 426. The molecule has 1 aromatic heterocycles. The van der Waals surface area contributed by atoms with Crippen molar-refractivity contribution in [2.24, 2.45) is 0 Å². The first-order chi connectivity index (χ1) is 8.07. The van der Waals surface area contributed by atoms with Gasteiger partial charge in [-0.15, -0.1) is 0 Å². The van der Waals surface area contributed by atoms with Crippen LogP contribution in [0.2, 0.25) is 0 Å². The van der Waals surface area contributed by atoms with E-state index < -0.39 is 9.84 Å². The molecule has 0 aliphatic carbocycles. The van der Waals surface area contributed by atoms with Gasteiger partial charge >= 0.3 is 0 Å². The number of aromatic nitrogens is 2. The Morgan fingerprint density at radius 2 is 1.88 bits per heavy atom. The summed E-state index contributed by atoms with van der Waals surface area (Å²) in [6, 6.07) is 0. The van der Waals surface area contributed by atoms with Crippen molar-refractivity contribution < 1.29 is 12.9 Å². The van der Waals surface area contributed by atoms with Crippen LogP contribution in [0.3, 0.4) is 0 Å². The van der Waals surface area contributed by atoms with Gasteiger partial charge in [0.25, 0.3) is 0 Å². The lowest BCUT2D eigenvalue weighted by atomic mass is 10.2. The van der Waals surface area contributed by atoms with E-state index in [0.717, 1.165) is 25.7 Å². The first kappa shape index (κ1) is 14.2. The van der Waals surface area contributed by atoms with Gasteiger partial charge in [-0.25, -0.2) is 8.42 Å². The Morgan fingerprint density at radius 1 is 1.18 bits per heavy atom. The van der Waals surface area contributed by atoms with Gasteiger partial charge in [0.1, 0.15) is 5.75 Å². The Morgan fingerprint density at radius 3 is 2.53 bits per heavy atom. The molecule has 0 bridgehead atoms. The molecular weight excluding hydrogens is 240 g/mol. The van der Waals surface area contributed by atoms with E-state index in [2.05, 4.69) is 17.1 Å². The number of sulfone groups is 1. The van der Waals surface area contributed by atoms with Crippen molar-refractivity contribution in [2.45, 2.75) is 51.7 Å². The normalized spacial score (nSPS) is 11.9. The van der Waals surface area contributed by atoms with Crippen molar-refractivity contribution in [3.8, 4) is 0 Å². The molecule has 0 saturated carbocycles. The summed E-state index contributed by atoms with van der Waals surface area (Å²) in [5, 5.41) is 3.77. The zero-order valence-corrected chi connectivity index (χ0v) is 11.3. The molecule has 0 fully saturated rings. The third-order valence-corrected chi connectivity index (χ3v) is 4.01. The van der Waals surface area contributed by atoms with Gasteiger partial charge in [-0.3, -0.25) is 0 Å². The van der Waals surface area contributed by atoms with E-state index in [4.69, 9.17) is 4.52 Å². The van der Waals surface area contributed by atoms with Crippen LogP contribution >= 0.6 is 0 Å². The predicted octanol–water partition coefficient (Wildman–Crippen LogP) is 2.13. The van der Waals surface area contributed by atoms with Crippen molar-refractivity contribution in [1.29, 1.82) is 0 Å². The van der Waals surface area contributed by atoms with Crippen LogP contribution in [0.1, 0.15) is 51.2 Å². The minimum Gasteiger partial charge on any atom is -0.338 e. The molecular formula is C11H20N2O3S. The fraction of sp³-hybridized carbons (Fsp3) is 0.818. The van der Waals surface area contributed by atoms with Crippen molar-refractivity contribution >= 4 is 9.84 Å². The van der Waals surface area contributed by atoms with Gasteiger partial charge in [0, 0.05) is 6.42 Å². The first-order valence-electron chi connectivity index (χ1n) is 6.09. The molecule has 0 amide bonds. The van der Waals surface area contributed by atoms with Crippen molar-refractivity contribution in [2.75, 3.05) is 5.75 Å². The van der Waals surface area contributed by atoms with E-state index in [-0.39, 0.29) is 17.4 Å². The van der Waals surface area contributed by atoms with E-state index >= 15 is 0 Å². The summed E-state index contributed by atoms with van der Waals surface area (Å²) in [6.07, 6.45) is 4.33. The SMILES string of the molecule is CCCCc1noc(CS(=O)(=O)CCCC)n1. The van der Waals surface area contributed by atoms with Crippen LogP contribution < -0.4 is 0 Å². The molecule has 0 aromatic carbocycles. The maximum atomic E-state index is 11.7. The molecule has 98 valence electrons. The molecule has 5 nitrogen and oxygen atoms in total. The molecule has 0 atom stereocenters. The Hall–Kier alpha value is -0.910. The highest BCUT2D eigenvalue weighted by atomic mass is 32.2. The summed E-state index contributed by atoms with van der Waals surface area (Å²) < 4.78 is 28.2. The second-order valence-electron chi connectivity index (χ2n) is 4.15. The highest BCUT2D eigenvalue weighted by Gasteiger charge is 2.16. The minimum atomic E-state index is -3.10. The van der Waals surface area contributed by atoms with Crippen LogP contribution in [0.4, 0.5) is 0 Å². The highest BCUT2D eigenvalue weighted by molar-refractivity contribution is 7.90. The molecule has 1 heterocycles. The lowest BCUT2D eigenvalue weighted by molar-refractivity contribution is 0.382. The molecule has 0 saturated heterocycles. The second kappa shape index (κ2) is 6.74. The van der Waals surface area contributed by atoms with E-state index in [1.54, 1.807) is 0 Å². The molecule has 0 N–H and O–H groups in total. The number of aryl methyl sites for hydroxylation is 1. The summed E-state index contributed by atoms with van der Waals surface area (Å²) in [6.45, 7) is 4.04. The first-order valence-corrected chi connectivity index (χ1v) is 7.91. The van der Waals surface area contributed by atoms with E-state index in [1.165, 1.54) is 0 Å². The topological polar surface area (TPSA) is 73.1 Å². The van der Waals surface area contributed by atoms with E-state index in [9.17, 15) is 8.42 Å². The molecule has 1 rings (SSSR count). The van der Waals surface area contributed by atoms with Gasteiger partial charge in [0.2, 0.25) is 5.89 Å². The van der Waals surface area contributed by atoms with Crippen LogP contribution in [-0.2, 0) is 22.0 Å². The summed E-state index contributed by atoms with van der Waals surface area (Å²) in [7, 11) is -3.10. The lowest BCUT2D eigenvalue weighted by Crippen LogP contribution is -2.09. The third-order valence-electron chi connectivity index (χ3n) is 2.42. The quantitative estimate of drug-likeness (QED) is 0.716. The number of unbranched alkanes of at least 4 members (excludes halogenated alkanes) is 2. The van der Waals surface area contributed by atoms with Gasteiger partial charge in [0.15, 0.2) is 15.7 Å². The molecule has 1 aromatic rings. The molecule has 6 heteroatoms. The van der Waals surface area contributed by atoms with Gasteiger partial charge in [0.05, 0.1) is 5.75 Å². The number of nitrogens with zero attached hydrogens (tertiary/aromatic N) is 2. The highest BCUT2D eigenvalue weighted by Crippen LogP contribution is 2.08. The largest absolute Gasteiger partial charge is 0.338 e. The summed E-state index contributed by atoms with van der Waals surface area (Å²) in [5.41, 5.74) is 0. The fourth-order valence-electron chi connectivity index (χ4n) is 1.41. The van der Waals surface area contributed by atoms with Gasteiger partial charge < -0.3 is 4.52 Å². The standard InChI is InChI=1S/C11H20N2O3S/c1-3-5-7-10-12-11(16-13-10)9-17(14,15)8-6-4-2/h3-9H2,1-2H3. The third kappa shape index (κ3) is 5.30. The minimum absolute atomic E-state index is 0.133. The molecule has 0 spiro atoms. The summed E-state index contributed by atoms with van der Waals surface area (Å²) in [5.74, 6) is 0.877. The summed E-state index contributed by atoms with van der Waals surface area (Å²) in [4.78, 5) is 4.08. The van der Waals surface area contributed by atoms with Crippen LogP contribution in [0.25, 0.3) is 0 Å². The molecule has 0 radical (unpaired) electrons. The average molecular weight is 260 g/mol.